The molecule has 1 aliphatic rings. The van der Waals surface area contributed by atoms with Gasteiger partial charge in [-0.2, -0.15) is 0 Å². The molecule has 1 saturated carbocycles. The number of hydrogen-bond donors (Lipinski definition) is 0. The van der Waals surface area contributed by atoms with Crippen molar-refractivity contribution in [1.82, 2.24) is 0 Å². The Bertz CT molecular complexity index is 222. The van der Waals surface area contributed by atoms with Crippen LogP contribution in [0, 0.1) is 5.92 Å². The molecule has 3 atom stereocenters. The zero-order valence-corrected chi connectivity index (χ0v) is 9.63. The van der Waals surface area contributed by atoms with Gasteiger partial charge in [0, 0.05) is 0 Å². The summed E-state index contributed by atoms with van der Waals surface area (Å²) in [4.78, 5) is 0. The number of hydrogen-bond acceptors (Lipinski definition) is 3. The van der Waals surface area contributed by atoms with Gasteiger partial charge >= 0.3 is 7.91 Å². The first-order valence-electron chi connectivity index (χ1n) is 5.18. The van der Waals surface area contributed by atoms with Crippen molar-refractivity contribution in [3.63, 3.8) is 0 Å². The molecule has 0 amide bonds. The van der Waals surface area contributed by atoms with Gasteiger partial charge in [-0.25, -0.2) is 4.57 Å². The van der Waals surface area contributed by atoms with Gasteiger partial charge in [-0.05, 0) is 25.7 Å². The van der Waals surface area contributed by atoms with E-state index < -0.39 is 7.91 Å². The van der Waals surface area contributed by atoms with E-state index in [9.17, 15) is 8.76 Å². The average molecular weight is 224 g/mol. The van der Waals surface area contributed by atoms with Crippen molar-refractivity contribution < 1.29 is 17.8 Å². The van der Waals surface area contributed by atoms with Crippen molar-refractivity contribution in [2.75, 3.05) is 6.61 Å². The normalized spacial score (nSPS) is 32.5. The maximum atomic E-state index is 13.2. The second kappa shape index (κ2) is 5.24. The van der Waals surface area contributed by atoms with Gasteiger partial charge in [-0.3, -0.25) is 9.05 Å². The second-order valence-electron chi connectivity index (χ2n) is 3.75. The largest absolute Gasteiger partial charge is 0.513 e. The molecule has 5 heteroatoms. The van der Waals surface area contributed by atoms with Crippen LogP contribution in [0.25, 0.3) is 0 Å². The van der Waals surface area contributed by atoms with Crippen molar-refractivity contribution in [3.05, 3.63) is 0 Å². The van der Waals surface area contributed by atoms with Crippen molar-refractivity contribution in [2.24, 2.45) is 5.92 Å². The van der Waals surface area contributed by atoms with E-state index >= 15 is 0 Å². The maximum Gasteiger partial charge on any atom is 0.513 e. The molecule has 0 aromatic carbocycles. The van der Waals surface area contributed by atoms with Crippen LogP contribution in [0.5, 0.6) is 0 Å². The molecule has 3 nitrogen and oxygen atoms in total. The molecule has 84 valence electrons. The van der Waals surface area contributed by atoms with Gasteiger partial charge in [-0.1, -0.05) is 19.8 Å². The molecule has 0 N–H and O–H groups in total. The molecule has 3 unspecified atom stereocenters. The minimum atomic E-state index is -4.30. The lowest BCUT2D eigenvalue weighted by molar-refractivity contribution is 0.0649. The number of halogens is 1. The Kier molecular flexibility index (Phi) is 4.55. The van der Waals surface area contributed by atoms with E-state index in [0.29, 0.717) is 0 Å². The Morgan fingerprint density at radius 2 is 2.07 bits per heavy atom. The van der Waals surface area contributed by atoms with Crippen molar-refractivity contribution >= 4 is 7.91 Å². The van der Waals surface area contributed by atoms with Crippen molar-refractivity contribution in [3.8, 4) is 0 Å². The van der Waals surface area contributed by atoms with Crippen LogP contribution in [0.15, 0.2) is 0 Å². The highest BCUT2D eigenvalue weighted by molar-refractivity contribution is 7.48. The molecule has 1 rings (SSSR count). The summed E-state index contributed by atoms with van der Waals surface area (Å²) in [5, 5.41) is 0. The monoisotopic (exact) mass is 224 g/mol. The Morgan fingerprint density at radius 1 is 1.43 bits per heavy atom. The molecule has 0 bridgehead atoms. The summed E-state index contributed by atoms with van der Waals surface area (Å²) >= 11 is 0. The fraction of sp³-hybridized carbons (Fsp3) is 1.00. The zero-order valence-electron chi connectivity index (χ0n) is 8.74. The predicted molar refractivity (Wildman–Crippen MR) is 52.8 cm³/mol. The van der Waals surface area contributed by atoms with Gasteiger partial charge < -0.3 is 0 Å². The summed E-state index contributed by atoms with van der Waals surface area (Å²) in [6.07, 6.45) is 3.71. The van der Waals surface area contributed by atoms with Crippen LogP contribution in [-0.2, 0) is 13.6 Å². The summed E-state index contributed by atoms with van der Waals surface area (Å²) in [5.41, 5.74) is 0. The molecule has 0 aromatic heterocycles. The van der Waals surface area contributed by atoms with Crippen LogP contribution in [0.2, 0.25) is 0 Å². The first kappa shape index (κ1) is 12.2. The van der Waals surface area contributed by atoms with Crippen molar-refractivity contribution in [2.45, 2.75) is 45.6 Å². The summed E-state index contributed by atoms with van der Waals surface area (Å²) in [6, 6.07) is 0. The van der Waals surface area contributed by atoms with Crippen LogP contribution < -0.4 is 0 Å². The van der Waals surface area contributed by atoms with Crippen LogP contribution in [0.4, 0.5) is 4.20 Å². The first-order valence-corrected chi connectivity index (χ1v) is 6.61. The molecule has 0 spiro atoms. The Hall–Kier alpha value is 0.0800. The molecule has 0 radical (unpaired) electrons. The first-order chi connectivity index (χ1) is 6.55. The zero-order chi connectivity index (χ0) is 10.6. The Balaban J connectivity index is 2.45. The molecule has 0 aliphatic heterocycles. The summed E-state index contributed by atoms with van der Waals surface area (Å²) in [6.45, 7) is 3.67. The van der Waals surface area contributed by atoms with E-state index in [-0.39, 0.29) is 18.6 Å². The minimum Gasteiger partial charge on any atom is -0.284 e. The average Bonchev–Trinajstić information content (AvgIpc) is 2.08. The molecule has 1 fully saturated rings. The molecule has 0 heterocycles. The minimum absolute atomic E-state index is 0.0783. The molecular weight excluding hydrogens is 206 g/mol. The molecule has 0 saturated heterocycles. The lowest BCUT2D eigenvalue weighted by Crippen LogP contribution is -2.24. The SMILES string of the molecule is CCOP(=O)(F)OC1CCCCC1C. The fourth-order valence-electron chi connectivity index (χ4n) is 1.79. The predicted octanol–water partition coefficient (Wildman–Crippen LogP) is 3.70. The molecule has 0 aromatic rings. The van der Waals surface area contributed by atoms with Crippen LogP contribution in [0.1, 0.15) is 39.5 Å². The van der Waals surface area contributed by atoms with Gasteiger partial charge in [0.15, 0.2) is 0 Å². The van der Waals surface area contributed by atoms with Crippen LogP contribution in [0.3, 0.4) is 0 Å². The summed E-state index contributed by atoms with van der Waals surface area (Å²) in [7, 11) is -4.30. The van der Waals surface area contributed by atoms with Gasteiger partial charge in [0.2, 0.25) is 0 Å². The van der Waals surface area contributed by atoms with E-state index in [2.05, 4.69) is 4.52 Å². The molecule has 1 aliphatic carbocycles. The van der Waals surface area contributed by atoms with Gasteiger partial charge in [0.25, 0.3) is 0 Å². The lowest BCUT2D eigenvalue weighted by Gasteiger charge is -2.28. The van der Waals surface area contributed by atoms with E-state index in [1.807, 2.05) is 6.92 Å². The highest BCUT2D eigenvalue weighted by atomic mass is 31.2. The third-order valence-corrected chi connectivity index (χ3v) is 3.67. The summed E-state index contributed by atoms with van der Waals surface area (Å²) < 4.78 is 33.6. The fourth-order valence-corrected chi connectivity index (χ4v) is 2.79. The van der Waals surface area contributed by atoms with E-state index in [4.69, 9.17) is 4.52 Å². The number of rotatable bonds is 4. The Morgan fingerprint density at radius 3 is 2.64 bits per heavy atom. The topological polar surface area (TPSA) is 35.5 Å². The van der Waals surface area contributed by atoms with Crippen LogP contribution >= 0.6 is 7.91 Å². The standard InChI is InChI=1S/C9H18FO3P/c1-3-12-14(10,11)13-9-7-5-4-6-8(9)2/h8-9H,3-7H2,1-2H3. The quantitative estimate of drug-likeness (QED) is 0.683. The van der Waals surface area contributed by atoms with Gasteiger partial charge in [0.05, 0.1) is 12.7 Å². The smallest absolute Gasteiger partial charge is 0.284 e. The Labute approximate surface area is 84.6 Å². The highest BCUT2D eigenvalue weighted by Crippen LogP contribution is 2.52. The third kappa shape index (κ3) is 3.68. The third-order valence-electron chi connectivity index (χ3n) is 2.58. The van der Waals surface area contributed by atoms with E-state index in [1.54, 1.807) is 6.92 Å². The lowest BCUT2D eigenvalue weighted by atomic mass is 9.88. The summed E-state index contributed by atoms with van der Waals surface area (Å²) in [5.74, 6) is 0.272. The maximum absolute atomic E-state index is 13.2. The molecular formula is C9H18FO3P. The van der Waals surface area contributed by atoms with Gasteiger partial charge in [-0.15, -0.1) is 4.20 Å². The second-order valence-corrected chi connectivity index (χ2v) is 5.08. The highest BCUT2D eigenvalue weighted by Gasteiger charge is 2.32. The molecule has 14 heavy (non-hydrogen) atoms. The van der Waals surface area contributed by atoms with E-state index in [0.717, 1.165) is 25.7 Å². The van der Waals surface area contributed by atoms with Crippen molar-refractivity contribution in [1.29, 1.82) is 0 Å². The van der Waals surface area contributed by atoms with Crippen LogP contribution in [-0.4, -0.2) is 12.7 Å². The van der Waals surface area contributed by atoms with E-state index in [1.165, 1.54) is 0 Å². The van der Waals surface area contributed by atoms with Gasteiger partial charge in [0.1, 0.15) is 0 Å².